The van der Waals surface area contributed by atoms with Gasteiger partial charge in [0.25, 0.3) is 11.8 Å². The first-order chi connectivity index (χ1) is 13.2. The molecule has 2 amide bonds. The Morgan fingerprint density at radius 1 is 0.630 bits per heavy atom. The molecule has 5 heteroatoms. The van der Waals surface area contributed by atoms with Crippen LogP contribution < -0.4 is 4.74 Å². The van der Waals surface area contributed by atoms with Gasteiger partial charge in [0, 0.05) is 0 Å². The van der Waals surface area contributed by atoms with Crippen molar-refractivity contribution in [2.24, 2.45) is 0 Å². The summed E-state index contributed by atoms with van der Waals surface area (Å²) in [4.78, 5) is 29.7. The fourth-order valence-corrected chi connectivity index (χ4v) is 2.95. The molecule has 0 N–H and O–H groups in total. The van der Waals surface area contributed by atoms with Gasteiger partial charge in [0.05, 0.1) is 11.1 Å². The molecule has 3 aromatic carbocycles. The van der Waals surface area contributed by atoms with Crippen LogP contribution in [0.25, 0.3) is 11.1 Å². The van der Waals surface area contributed by atoms with Gasteiger partial charge in [0.15, 0.2) is 0 Å². The van der Waals surface area contributed by atoms with Gasteiger partial charge in [-0.05, 0) is 35.4 Å². The first-order valence-corrected chi connectivity index (χ1v) is 8.63. The summed E-state index contributed by atoms with van der Waals surface area (Å²) in [5.41, 5.74) is 2.96. The van der Waals surface area contributed by atoms with Crippen LogP contribution in [0.5, 0.6) is 5.75 Å². The molecule has 5 nitrogen and oxygen atoms in total. The molecule has 1 heterocycles. The fraction of sp³-hybridized carbons (Fsp3) is 0.0909. The quantitative estimate of drug-likeness (QED) is 0.494. The Balaban J connectivity index is 1.30. The Hall–Kier alpha value is -3.44. The van der Waals surface area contributed by atoms with Crippen LogP contribution in [0.2, 0.25) is 0 Å². The van der Waals surface area contributed by atoms with Crippen molar-refractivity contribution in [1.82, 2.24) is 5.06 Å². The molecule has 1 aliphatic rings. The Bertz CT molecular complexity index is 932. The lowest BCUT2D eigenvalue weighted by atomic mass is 10.1. The lowest BCUT2D eigenvalue weighted by Crippen LogP contribution is -2.31. The number of ether oxygens (including phenoxy) is 1. The van der Waals surface area contributed by atoms with Crippen molar-refractivity contribution >= 4 is 11.8 Å². The third-order valence-electron chi connectivity index (χ3n) is 4.29. The standard InChI is InChI=1S/C22H17NO4/c24-21-19-8-4-5-9-20(19)22(25)23(21)27-15-14-26-18-12-10-17(11-13-18)16-6-2-1-3-7-16/h1-13H,14-15H2. The molecule has 0 spiro atoms. The smallest absolute Gasteiger partial charge is 0.285 e. The summed E-state index contributed by atoms with van der Waals surface area (Å²) in [6.45, 7) is 0.310. The second-order valence-corrected chi connectivity index (χ2v) is 6.02. The number of hydrogen-bond acceptors (Lipinski definition) is 4. The number of imide groups is 1. The molecular weight excluding hydrogens is 342 g/mol. The maximum absolute atomic E-state index is 12.2. The molecule has 4 rings (SSSR count). The van der Waals surface area contributed by atoms with Crippen LogP contribution in [0, 0.1) is 0 Å². The minimum Gasteiger partial charge on any atom is -0.491 e. The third kappa shape index (κ3) is 3.45. The second kappa shape index (κ2) is 7.43. The third-order valence-corrected chi connectivity index (χ3v) is 4.29. The zero-order valence-corrected chi connectivity index (χ0v) is 14.5. The van der Waals surface area contributed by atoms with Gasteiger partial charge in [-0.3, -0.25) is 14.4 Å². The highest BCUT2D eigenvalue weighted by molar-refractivity contribution is 6.20. The number of hydroxylamine groups is 2. The van der Waals surface area contributed by atoms with Gasteiger partial charge in [0.1, 0.15) is 19.0 Å². The summed E-state index contributed by atoms with van der Waals surface area (Å²) in [5.74, 6) is -0.189. The lowest BCUT2D eigenvalue weighted by molar-refractivity contribution is -0.0976. The molecule has 0 fully saturated rings. The first kappa shape index (κ1) is 17.0. The van der Waals surface area contributed by atoms with E-state index in [9.17, 15) is 9.59 Å². The van der Waals surface area contributed by atoms with Gasteiger partial charge in [0.2, 0.25) is 0 Å². The van der Waals surface area contributed by atoms with Gasteiger partial charge in [-0.1, -0.05) is 54.6 Å². The Morgan fingerprint density at radius 3 is 1.81 bits per heavy atom. The van der Waals surface area contributed by atoms with Crippen molar-refractivity contribution in [3.8, 4) is 16.9 Å². The average Bonchev–Trinajstić information content (AvgIpc) is 2.97. The van der Waals surface area contributed by atoms with E-state index in [1.54, 1.807) is 24.3 Å². The Kier molecular flexibility index (Phi) is 4.68. The van der Waals surface area contributed by atoms with Gasteiger partial charge < -0.3 is 4.74 Å². The van der Waals surface area contributed by atoms with E-state index in [-0.39, 0.29) is 13.2 Å². The Labute approximate surface area is 156 Å². The summed E-state index contributed by atoms with van der Waals surface area (Å²) in [5, 5.41) is 0.798. The van der Waals surface area contributed by atoms with E-state index >= 15 is 0 Å². The second-order valence-electron chi connectivity index (χ2n) is 6.02. The van der Waals surface area contributed by atoms with Crippen molar-refractivity contribution in [3.05, 3.63) is 90.0 Å². The number of rotatable bonds is 6. The van der Waals surface area contributed by atoms with Crippen molar-refractivity contribution in [2.45, 2.75) is 0 Å². The summed E-state index contributed by atoms with van der Waals surface area (Å²) in [6.07, 6.45) is 0. The lowest BCUT2D eigenvalue weighted by Gasteiger charge is -2.14. The van der Waals surface area contributed by atoms with E-state index < -0.39 is 11.8 Å². The molecule has 0 radical (unpaired) electrons. The number of amides is 2. The molecule has 0 aromatic heterocycles. The summed E-state index contributed by atoms with van der Waals surface area (Å²) in [6, 6.07) is 24.5. The molecule has 0 aliphatic carbocycles. The largest absolute Gasteiger partial charge is 0.491 e. The molecular formula is C22H17NO4. The average molecular weight is 359 g/mol. The highest BCUT2D eigenvalue weighted by Gasteiger charge is 2.36. The fourth-order valence-electron chi connectivity index (χ4n) is 2.95. The highest BCUT2D eigenvalue weighted by Crippen LogP contribution is 2.23. The minimum atomic E-state index is -0.442. The summed E-state index contributed by atoms with van der Waals surface area (Å²) >= 11 is 0. The zero-order valence-electron chi connectivity index (χ0n) is 14.5. The van der Waals surface area contributed by atoms with Gasteiger partial charge in [-0.15, -0.1) is 5.06 Å². The van der Waals surface area contributed by atoms with E-state index in [0.717, 1.165) is 16.2 Å². The van der Waals surface area contributed by atoms with E-state index in [1.807, 2.05) is 54.6 Å². The molecule has 134 valence electrons. The molecule has 0 unspecified atom stereocenters. The number of hydrogen-bond donors (Lipinski definition) is 0. The molecule has 27 heavy (non-hydrogen) atoms. The first-order valence-electron chi connectivity index (χ1n) is 8.63. The molecule has 1 aliphatic heterocycles. The van der Waals surface area contributed by atoms with E-state index in [2.05, 4.69) is 0 Å². The molecule has 0 saturated carbocycles. The normalized spacial score (nSPS) is 13.0. The van der Waals surface area contributed by atoms with E-state index in [0.29, 0.717) is 16.9 Å². The molecule has 0 bridgehead atoms. The Morgan fingerprint density at radius 2 is 1.19 bits per heavy atom. The van der Waals surface area contributed by atoms with Crippen LogP contribution in [0.15, 0.2) is 78.9 Å². The number of nitrogens with zero attached hydrogens (tertiary/aromatic N) is 1. The minimum absolute atomic E-state index is 0.0892. The van der Waals surface area contributed by atoms with Crippen LogP contribution in [0.4, 0.5) is 0 Å². The predicted molar refractivity (Wildman–Crippen MR) is 100 cm³/mol. The van der Waals surface area contributed by atoms with Crippen LogP contribution in [-0.4, -0.2) is 30.1 Å². The maximum atomic E-state index is 12.2. The maximum Gasteiger partial charge on any atom is 0.285 e. The monoisotopic (exact) mass is 359 g/mol. The summed E-state index contributed by atoms with van der Waals surface area (Å²) in [7, 11) is 0. The van der Waals surface area contributed by atoms with Crippen molar-refractivity contribution in [1.29, 1.82) is 0 Å². The van der Waals surface area contributed by atoms with Gasteiger partial charge in [-0.25, -0.2) is 0 Å². The van der Waals surface area contributed by atoms with Crippen LogP contribution in [-0.2, 0) is 4.84 Å². The van der Waals surface area contributed by atoms with Crippen LogP contribution in [0.3, 0.4) is 0 Å². The number of carbonyl (C=O) groups is 2. The topological polar surface area (TPSA) is 55.8 Å². The van der Waals surface area contributed by atoms with Crippen LogP contribution >= 0.6 is 0 Å². The van der Waals surface area contributed by atoms with Gasteiger partial charge >= 0.3 is 0 Å². The number of fused-ring (bicyclic) bond motifs is 1. The van der Waals surface area contributed by atoms with Crippen LogP contribution in [0.1, 0.15) is 20.7 Å². The van der Waals surface area contributed by atoms with Crippen molar-refractivity contribution in [2.75, 3.05) is 13.2 Å². The molecule has 0 atom stereocenters. The van der Waals surface area contributed by atoms with E-state index in [4.69, 9.17) is 9.57 Å². The number of benzene rings is 3. The summed E-state index contributed by atoms with van der Waals surface area (Å²) < 4.78 is 5.63. The van der Waals surface area contributed by atoms with Crippen molar-refractivity contribution in [3.63, 3.8) is 0 Å². The highest BCUT2D eigenvalue weighted by atomic mass is 16.7. The van der Waals surface area contributed by atoms with E-state index in [1.165, 1.54) is 0 Å². The SMILES string of the molecule is O=C1c2ccccc2C(=O)N1OCCOc1ccc(-c2ccccc2)cc1. The van der Waals surface area contributed by atoms with Gasteiger partial charge in [-0.2, -0.15) is 0 Å². The zero-order chi connectivity index (χ0) is 18.6. The molecule has 3 aromatic rings. The van der Waals surface area contributed by atoms with Crippen molar-refractivity contribution < 1.29 is 19.2 Å². The number of carbonyl (C=O) groups excluding carboxylic acids is 2. The molecule has 0 saturated heterocycles. The predicted octanol–water partition coefficient (Wildman–Crippen LogP) is 3.96.